The number of likely N-dealkylation sites (tertiary alicyclic amines) is 1. The second-order valence-electron chi connectivity index (χ2n) is 10.1. The number of esters is 1. The first-order chi connectivity index (χ1) is 14.8. The number of fused-ring (bicyclic) bond motifs is 1. The summed E-state index contributed by atoms with van der Waals surface area (Å²) in [7, 11) is 0. The molecule has 0 spiro atoms. The number of carbonyl (C=O) groups excluding carboxylic acids is 2. The monoisotopic (exact) mass is 447 g/mol. The SMILES string of the molecule is CC(C)(C)OC(=O)[C@H](O)COc1ccc2nn(C3CCN(C(=O)OC(C)(C)C)C3)cc2c1. The van der Waals surface area contributed by atoms with Crippen molar-refractivity contribution in [2.24, 2.45) is 0 Å². The Balaban J connectivity index is 1.60. The van der Waals surface area contributed by atoms with Gasteiger partial charge in [0.05, 0.1) is 11.6 Å². The number of carbonyl (C=O) groups is 2. The van der Waals surface area contributed by atoms with Crippen LogP contribution in [0.3, 0.4) is 0 Å². The number of amides is 1. The van der Waals surface area contributed by atoms with Crippen molar-refractivity contribution in [1.29, 1.82) is 0 Å². The number of aliphatic hydroxyl groups is 1. The zero-order chi connectivity index (χ0) is 23.7. The van der Waals surface area contributed by atoms with E-state index >= 15 is 0 Å². The lowest BCUT2D eigenvalue weighted by Crippen LogP contribution is -2.35. The molecule has 9 nitrogen and oxygen atoms in total. The van der Waals surface area contributed by atoms with Gasteiger partial charge in [0.25, 0.3) is 0 Å². The van der Waals surface area contributed by atoms with Crippen molar-refractivity contribution in [2.75, 3.05) is 19.7 Å². The molecule has 3 rings (SSSR count). The summed E-state index contributed by atoms with van der Waals surface area (Å²) < 4.78 is 18.1. The minimum absolute atomic E-state index is 0.0632. The zero-order valence-electron chi connectivity index (χ0n) is 19.6. The van der Waals surface area contributed by atoms with E-state index in [-0.39, 0.29) is 18.7 Å². The normalized spacial score (nSPS) is 18.0. The molecule has 2 heterocycles. The highest BCUT2D eigenvalue weighted by molar-refractivity contribution is 5.80. The molecule has 1 N–H and O–H groups in total. The molecule has 0 bridgehead atoms. The van der Waals surface area contributed by atoms with E-state index in [4.69, 9.17) is 14.2 Å². The minimum Gasteiger partial charge on any atom is -0.490 e. The number of hydrogen-bond acceptors (Lipinski definition) is 7. The van der Waals surface area contributed by atoms with Crippen LogP contribution < -0.4 is 4.74 Å². The van der Waals surface area contributed by atoms with Gasteiger partial charge in [0.15, 0.2) is 6.10 Å². The highest BCUT2D eigenvalue weighted by Crippen LogP contribution is 2.27. The molecule has 0 aliphatic carbocycles. The van der Waals surface area contributed by atoms with Gasteiger partial charge in [-0.15, -0.1) is 0 Å². The highest BCUT2D eigenvalue weighted by Gasteiger charge is 2.31. The van der Waals surface area contributed by atoms with Gasteiger partial charge >= 0.3 is 12.1 Å². The molecule has 2 aromatic rings. The zero-order valence-corrected chi connectivity index (χ0v) is 19.6. The van der Waals surface area contributed by atoms with Crippen molar-refractivity contribution >= 4 is 23.0 Å². The predicted molar refractivity (Wildman–Crippen MR) is 119 cm³/mol. The maximum absolute atomic E-state index is 12.3. The third kappa shape index (κ3) is 6.35. The Morgan fingerprint density at radius 2 is 1.84 bits per heavy atom. The summed E-state index contributed by atoms with van der Waals surface area (Å²) in [5.41, 5.74) is -0.408. The molecule has 32 heavy (non-hydrogen) atoms. The van der Waals surface area contributed by atoms with Crippen LogP contribution in [0.4, 0.5) is 4.79 Å². The Hall–Kier alpha value is -2.81. The lowest BCUT2D eigenvalue weighted by atomic mass is 10.2. The third-order valence-corrected chi connectivity index (χ3v) is 4.77. The van der Waals surface area contributed by atoms with Crippen molar-refractivity contribution in [1.82, 2.24) is 14.7 Å². The van der Waals surface area contributed by atoms with Gasteiger partial charge in [-0.25, -0.2) is 9.59 Å². The molecule has 9 heteroatoms. The summed E-state index contributed by atoms with van der Waals surface area (Å²) in [6.07, 6.45) is 1.02. The number of ether oxygens (including phenoxy) is 3. The van der Waals surface area contributed by atoms with Crippen molar-refractivity contribution < 1.29 is 28.9 Å². The Labute approximate surface area is 188 Å². The maximum atomic E-state index is 12.3. The standard InChI is InChI=1S/C23H33N3O6/c1-22(2,3)31-20(28)19(27)14-30-17-7-8-18-15(11-17)12-26(24-18)16-9-10-25(13-16)21(29)32-23(4,5)6/h7-8,11-12,16,19,27H,9-10,13-14H2,1-6H3/t16?,19-/m1/s1. The summed E-state index contributed by atoms with van der Waals surface area (Å²) >= 11 is 0. The molecule has 1 aliphatic rings. The molecule has 0 saturated carbocycles. The molecule has 1 saturated heterocycles. The Morgan fingerprint density at radius 3 is 2.50 bits per heavy atom. The highest BCUT2D eigenvalue weighted by atomic mass is 16.6. The molecule has 1 aliphatic heterocycles. The van der Waals surface area contributed by atoms with Crippen LogP contribution in [0.15, 0.2) is 24.4 Å². The van der Waals surface area contributed by atoms with Gasteiger partial charge in [-0.1, -0.05) is 0 Å². The van der Waals surface area contributed by atoms with Crippen LogP contribution in [0, 0.1) is 0 Å². The van der Waals surface area contributed by atoms with Gasteiger partial charge in [0, 0.05) is 24.7 Å². The van der Waals surface area contributed by atoms with Crippen molar-refractivity contribution in [3.8, 4) is 5.75 Å². The number of rotatable bonds is 5. The Kier molecular flexibility index (Phi) is 6.69. The quantitative estimate of drug-likeness (QED) is 0.702. The van der Waals surface area contributed by atoms with E-state index in [9.17, 15) is 14.7 Å². The molecule has 1 fully saturated rings. The fourth-order valence-electron chi connectivity index (χ4n) is 3.36. The van der Waals surface area contributed by atoms with E-state index in [1.807, 2.05) is 37.7 Å². The van der Waals surface area contributed by atoms with E-state index in [2.05, 4.69) is 5.10 Å². The number of aromatic nitrogens is 2. The molecular formula is C23H33N3O6. The number of nitrogens with zero attached hydrogens (tertiary/aromatic N) is 3. The molecule has 1 amide bonds. The van der Waals surface area contributed by atoms with E-state index in [1.165, 1.54) is 0 Å². The van der Waals surface area contributed by atoms with Gasteiger partial charge in [-0.05, 0) is 66.2 Å². The first kappa shape index (κ1) is 23.8. The van der Waals surface area contributed by atoms with E-state index in [0.717, 1.165) is 17.3 Å². The van der Waals surface area contributed by atoms with E-state index < -0.39 is 23.3 Å². The summed E-state index contributed by atoms with van der Waals surface area (Å²) in [4.78, 5) is 25.9. The van der Waals surface area contributed by atoms with Crippen LogP contribution in [-0.2, 0) is 14.3 Å². The Morgan fingerprint density at radius 1 is 1.16 bits per heavy atom. The van der Waals surface area contributed by atoms with Crippen LogP contribution in [0.2, 0.25) is 0 Å². The molecular weight excluding hydrogens is 414 g/mol. The topological polar surface area (TPSA) is 103 Å². The van der Waals surface area contributed by atoms with Gasteiger partial charge in [0.2, 0.25) is 0 Å². The van der Waals surface area contributed by atoms with Gasteiger partial charge in [-0.3, -0.25) is 4.68 Å². The lowest BCUT2D eigenvalue weighted by Gasteiger charge is -2.24. The maximum Gasteiger partial charge on any atom is 0.410 e. The second-order valence-corrected chi connectivity index (χ2v) is 10.1. The number of aliphatic hydroxyl groups excluding tert-OH is 1. The lowest BCUT2D eigenvalue weighted by molar-refractivity contribution is -0.166. The van der Waals surface area contributed by atoms with Gasteiger partial charge in [-0.2, -0.15) is 5.10 Å². The fraction of sp³-hybridized carbons (Fsp3) is 0.609. The van der Waals surface area contributed by atoms with E-state index in [0.29, 0.717) is 18.8 Å². The number of hydrogen-bond donors (Lipinski definition) is 1. The smallest absolute Gasteiger partial charge is 0.410 e. The van der Waals surface area contributed by atoms with Crippen molar-refractivity contribution in [3.63, 3.8) is 0 Å². The Bertz CT molecular complexity index is 972. The first-order valence-electron chi connectivity index (χ1n) is 10.8. The molecule has 1 aromatic heterocycles. The summed E-state index contributed by atoms with van der Waals surface area (Å²) in [6.45, 7) is 11.7. The second kappa shape index (κ2) is 8.97. The first-order valence-corrected chi connectivity index (χ1v) is 10.8. The molecule has 2 atom stereocenters. The molecule has 0 radical (unpaired) electrons. The molecule has 176 valence electrons. The fourth-order valence-corrected chi connectivity index (χ4v) is 3.36. The largest absolute Gasteiger partial charge is 0.490 e. The van der Waals surface area contributed by atoms with Crippen LogP contribution in [0.5, 0.6) is 5.75 Å². The van der Waals surface area contributed by atoms with Crippen LogP contribution in [-0.4, -0.2) is 68.9 Å². The third-order valence-electron chi connectivity index (χ3n) is 4.77. The minimum atomic E-state index is -1.37. The average molecular weight is 448 g/mol. The summed E-state index contributed by atoms with van der Waals surface area (Å²) in [5.74, 6) is -0.205. The van der Waals surface area contributed by atoms with Crippen LogP contribution in [0.25, 0.3) is 10.9 Å². The predicted octanol–water partition coefficient (Wildman–Crippen LogP) is 3.30. The summed E-state index contributed by atoms with van der Waals surface area (Å²) in [5, 5.41) is 15.5. The average Bonchev–Trinajstić information content (AvgIpc) is 3.29. The van der Waals surface area contributed by atoms with Crippen molar-refractivity contribution in [3.05, 3.63) is 24.4 Å². The van der Waals surface area contributed by atoms with Gasteiger partial charge < -0.3 is 24.2 Å². The van der Waals surface area contributed by atoms with Crippen molar-refractivity contribution in [2.45, 2.75) is 71.3 Å². The van der Waals surface area contributed by atoms with Gasteiger partial charge in [0.1, 0.15) is 23.6 Å². The number of benzene rings is 1. The van der Waals surface area contributed by atoms with Crippen LogP contribution in [0.1, 0.15) is 54.0 Å². The summed E-state index contributed by atoms with van der Waals surface area (Å²) in [6, 6.07) is 5.43. The van der Waals surface area contributed by atoms with Crippen LogP contribution >= 0.6 is 0 Å². The molecule has 1 unspecified atom stereocenters. The molecule has 1 aromatic carbocycles. The van der Waals surface area contributed by atoms with E-state index in [1.54, 1.807) is 37.8 Å².